The number of hydrogen-bond acceptors (Lipinski definition) is 3. The average molecular weight is 466 g/mol. The van der Waals surface area contributed by atoms with Gasteiger partial charge < -0.3 is 20.3 Å². The molecular formula is C18H35IN4O2. The summed E-state index contributed by atoms with van der Waals surface area (Å²) in [6.07, 6.45) is 4.05. The van der Waals surface area contributed by atoms with Crippen molar-refractivity contribution >= 4 is 35.8 Å². The van der Waals surface area contributed by atoms with Crippen LogP contribution in [-0.4, -0.2) is 62.7 Å². The van der Waals surface area contributed by atoms with Gasteiger partial charge in [0.15, 0.2) is 5.96 Å². The number of nitrogens with one attached hydrogen (secondary N) is 2. The maximum atomic E-state index is 11.6. The summed E-state index contributed by atoms with van der Waals surface area (Å²) in [5.41, 5.74) is 0.149. The molecule has 25 heavy (non-hydrogen) atoms. The molecule has 7 heteroatoms. The molecule has 1 amide bonds. The predicted molar refractivity (Wildman–Crippen MR) is 112 cm³/mol. The van der Waals surface area contributed by atoms with Crippen LogP contribution in [0, 0.1) is 11.3 Å². The lowest BCUT2D eigenvalue weighted by molar-refractivity contribution is -0.132. The Bertz CT molecular complexity index is 464. The third-order valence-electron chi connectivity index (χ3n) is 5.02. The number of rotatable bonds is 3. The van der Waals surface area contributed by atoms with Gasteiger partial charge in [-0.05, 0) is 24.7 Å². The molecule has 0 bridgehead atoms. The third-order valence-corrected chi connectivity index (χ3v) is 5.02. The Morgan fingerprint density at radius 1 is 1.36 bits per heavy atom. The van der Waals surface area contributed by atoms with Crippen LogP contribution in [0.15, 0.2) is 4.99 Å². The van der Waals surface area contributed by atoms with Gasteiger partial charge in [0.1, 0.15) is 0 Å². The number of hydrogen-bond donors (Lipinski definition) is 2. The van der Waals surface area contributed by atoms with Crippen molar-refractivity contribution in [1.29, 1.82) is 0 Å². The van der Waals surface area contributed by atoms with Crippen molar-refractivity contribution in [1.82, 2.24) is 15.5 Å². The lowest BCUT2D eigenvalue weighted by atomic mass is 9.78. The van der Waals surface area contributed by atoms with Crippen LogP contribution in [0.2, 0.25) is 0 Å². The first kappa shape index (κ1) is 22.5. The first-order chi connectivity index (χ1) is 11.3. The molecule has 2 N–H and O–H groups in total. The minimum Gasteiger partial charge on any atom is -0.377 e. The zero-order chi connectivity index (χ0) is 17.7. The highest BCUT2D eigenvalue weighted by Crippen LogP contribution is 2.33. The van der Waals surface area contributed by atoms with Gasteiger partial charge in [-0.1, -0.05) is 20.8 Å². The summed E-state index contributed by atoms with van der Waals surface area (Å²) >= 11 is 0. The first-order valence-corrected chi connectivity index (χ1v) is 9.14. The molecule has 2 saturated heterocycles. The summed E-state index contributed by atoms with van der Waals surface area (Å²) < 4.78 is 6.05. The van der Waals surface area contributed by atoms with Crippen molar-refractivity contribution in [2.45, 2.75) is 58.6 Å². The van der Waals surface area contributed by atoms with Crippen molar-refractivity contribution in [3.8, 4) is 0 Å². The number of ether oxygens (including phenoxy) is 1. The smallest absolute Gasteiger partial charge is 0.222 e. The molecule has 0 aromatic carbocycles. The lowest BCUT2D eigenvalue weighted by Gasteiger charge is -2.40. The number of amides is 1. The molecule has 0 aromatic heterocycles. The van der Waals surface area contributed by atoms with Crippen LogP contribution in [-0.2, 0) is 9.53 Å². The summed E-state index contributed by atoms with van der Waals surface area (Å²) in [6.45, 7) is 9.21. The number of nitrogens with zero attached hydrogens (tertiary/aromatic N) is 2. The highest BCUT2D eigenvalue weighted by Gasteiger charge is 2.35. The Balaban J connectivity index is 0.00000312. The normalized spacial score (nSPS) is 28.4. The van der Waals surface area contributed by atoms with Crippen molar-refractivity contribution in [2.75, 3.05) is 33.8 Å². The van der Waals surface area contributed by atoms with E-state index in [1.165, 1.54) is 6.42 Å². The van der Waals surface area contributed by atoms with E-state index in [0.717, 1.165) is 38.5 Å². The molecular weight excluding hydrogens is 431 g/mol. The van der Waals surface area contributed by atoms with Crippen molar-refractivity contribution in [3.05, 3.63) is 0 Å². The minimum atomic E-state index is 0. The van der Waals surface area contributed by atoms with Crippen molar-refractivity contribution in [3.63, 3.8) is 0 Å². The number of carbonyl (C=O) groups is 1. The first-order valence-electron chi connectivity index (χ1n) is 9.14. The second-order valence-electron chi connectivity index (χ2n) is 8.17. The minimum absolute atomic E-state index is 0. The number of halogens is 1. The highest BCUT2D eigenvalue weighted by molar-refractivity contribution is 14.0. The molecule has 2 fully saturated rings. The van der Waals surface area contributed by atoms with E-state index in [4.69, 9.17) is 4.74 Å². The van der Waals surface area contributed by atoms with Crippen LogP contribution in [0.25, 0.3) is 0 Å². The molecule has 2 rings (SSSR count). The van der Waals surface area contributed by atoms with Crippen LogP contribution in [0.1, 0.15) is 46.5 Å². The number of likely N-dealkylation sites (tertiary alicyclic amines) is 1. The van der Waals surface area contributed by atoms with Crippen LogP contribution < -0.4 is 10.6 Å². The molecule has 2 heterocycles. The average Bonchev–Trinajstić information content (AvgIpc) is 2.54. The lowest BCUT2D eigenvalue weighted by Crippen LogP contribution is -2.53. The van der Waals surface area contributed by atoms with Gasteiger partial charge in [0.2, 0.25) is 5.91 Å². The van der Waals surface area contributed by atoms with Gasteiger partial charge in [0, 0.05) is 52.2 Å². The van der Waals surface area contributed by atoms with Gasteiger partial charge in [-0.3, -0.25) is 9.79 Å². The Morgan fingerprint density at radius 2 is 2.08 bits per heavy atom. The number of likely N-dealkylation sites (N-methyl/N-ethyl adjacent to an activating group) is 1. The Labute approximate surface area is 169 Å². The Morgan fingerprint density at radius 3 is 2.68 bits per heavy atom. The summed E-state index contributed by atoms with van der Waals surface area (Å²) in [4.78, 5) is 17.7. The molecule has 3 atom stereocenters. The van der Waals surface area contributed by atoms with Crippen LogP contribution in [0.4, 0.5) is 0 Å². The number of piperidine rings is 1. The molecule has 3 unspecified atom stereocenters. The van der Waals surface area contributed by atoms with Gasteiger partial charge in [0.05, 0.1) is 6.10 Å². The second-order valence-corrected chi connectivity index (χ2v) is 8.17. The molecule has 0 radical (unpaired) electrons. The van der Waals surface area contributed by atoms with Crippen molar-refractivity contribution < 1.29 is 9.53 Å². The zero-order valence-corrected chi connectivity index (χ0v) is 18.6. The molecule has 2 aliphatic rings. The van der Waals surface area contributed by atoms with Crippen LogP contribution in [0.5, 0.6) is 0 Å². The highest BCUT2D eigenvalue weighted by atomic mass is 127. The molecule has 6 nitrogen and oxygen atoms in total. The summed E-state index contributed by atoms with van der Waals surface area (Å²) in [7, 11) is 3.66. The molecule has 0 aliphatic carbocycles. The van der Waals surface area contributed by atoms with E-state index in [9.17, 15) is 4.79 Å². The summed E-state index contributed by atoms with van der Waals surface area (Å²) in [5.74, 6) is 1.54. The van der Waals surface area contributed by atoms with E-state index in [-0.39, 0.29) is 47.4 Å². The zero-order valence-electron chi connectivity index (χ0n) is 16.3. The monoisotopic (exact) mass is 466 g/mol. The van der Waals surface area contributed by atoms with E-state index in [1.54, 1.807) is 11.9 Å². The SMILES string of the molecule is CN=C(NCC1CCCOC1C(C)(C)C)NC1CCC(=O)N(C)C1.I. The van der Waals surface area contributed by atoms with Gasteiger partial charge in [0.25, 0.3) is 0 Å². The maximum absolute atomic E-state index is 11.6. The van der Waals surface area contributed by atoms with Crippen LogP contribution in [0.3, 0.4) is 0 Å². The largest absolute Gasteiger partial charge is 0.377 e. The molecule has 0 aromatic rings. The number of carbonyl (C=O) groups excluding carboxylic acids is 1. The molecule has 146 valence electrons. The number of aliphatic imine (C=N–C) groups is 1. The summed E-state index contributed by atoms with van der Waals surface area (Å²) in [5, 5.41) is 6.92. The summed E-state index contributed by atoms with van der Waals surface area (Å²) in [6, 6.07) is 0.264. The van der Waals surface area contributed by atoms with Gasteiger partial charge >= 0.3 is 0 Å². The van der Waals surface area contributed by atoms with E-state index in [0.29, 0.717) is 12.3 Å². The molecule has 2 aliphatic heterocycles. The number of guanidine groups is 1. The van der Waals surface area contributed by atoms with Gasteiger partial charge in [-0.25, -0.2) is 0 Å². The standard InChI is InChI=1S/C18H34N4O2.HI/c1-18(2,3)16-13(7-6-10-24-16)11-20-17(19-4)21-14-8-9-15(23)22(5)12-14;/h13-14,16H,6-12H2,1-5H3,(H2,19,20,21);1H. The van der Waals surface area contributed by atoms with E-state index in [2.05, 4.69) is 36.4 Å². The van der Waals surface area contributed by atoms with E-state index < -0.39 is 0 Å². The quantitative estimate of drug-likeness (QED) is 0.381. The van der Waals surface area contributed by atoms with Crippen LogP contribution >= 0.6 is 24.0 Å². The third kappa shape index (κ3) is 6.58. The fourth-order valence-electron chi connectivity index (χ4n) is 3.76. The van der Waals surface area contributed by atoms with Gasteiger partial charge in [-0.2, -0.15) is 0 Å². The fraction of sp³-hybridized carbons (Fsp3) is 0.889. The molecule has 0 spiro atoms. The topological polar surface area (TPSA) is 66.0 Å². The fourth-order valence-corrected chi connectivity index (χ4v) is 3.76. The second kappa shape index (κ2) is 9.94. The Kier molecular flexibility index (Phi) is 8.94. The van der Waals surface area contributed by atoms with E-state index >= 15 is 0 Å². The van der Waals surface area contributed by atoms with Crippen molar-refractivity contribution in [2.24, 2.45) is 16.3 Å². The molecule has 0 saturated carbocycles. The van der Waals surface area contributed by atoms with E-state index in [1.807, 2.05) is 7.05 Å². The maximum Gasteiger partial charge on any atom is 0.222 e. The van der Waals surface area contributed by atoms with Gasteiger partial charge in [-0.15, -0.1) is 24.0 Å². The predicted octanol–water partition coefficient (Wildman–Crippen LogP) is 2.23. The Hall–Kier alpha value is -0.570.